The van der Waals surface area contributed by atoms with Crippen molar-refractivity contribution in [1.82, 2.24) is 5.32 Å². The molecule has 1 fully saturated rings. The molecule has 5 heteroatoms. The van der Waals surface area contributed by atoms with Crippen molar-refractivity contribution in [2.24, 2.45) is 0 Å². The third-order valence-corrected chi connectivity index (χ3v) is 3.31. The summed E-state index contributed by atoms with van der Waals surface area (Å²) >= 11 is 0. The average molecular weight is 254 g/mol. The normalized spacial score (nSPS) is 14.3. The van der Waals surface area contributed by atoms with Crippen molar-refractivity contribution in [3.8, 4) is 0 Å². The molecule has 1 aromatic carbocycles. The van der Waals surface area contributed by atoms with Crippen molar-refractivity contribution in [3.05, 3.63) is 28.8 Å². The van der Waals surface area contributed by atoms with E-state index in [2.05, 4.69) is 5.32 Å². The predicted octanol–water partition coefficient (Wildman–Crippen LogP) is 2.10. The van der Waals surface area contributed by atoms with Crippen LogP contribution in [0.2, 0.25) is 0 Å². The van der Waals surface area contributed by atoms with E-state index in [0.717, 1.165) is 6.42 Å². The first kappa shape index (κ1) is 12.8. The van der Waals surface area contributed by atoms with Crippen LogP contribution < -0.4 is 10.2 Å². The number of halogens is 2. The van der Waals surface area contributed by atoms with Crippen molar-refractivity contribution < 1.29 is 13.6 Å². The molecule has 3 nitrogen and oxygen atoms in total. The van der Waals surface area contributed by atoms with Crippen LogP contribution in [-0.4, -0.2) is 26.0 Å². The van der Waals surface area contributed by atoms with Crippen molar-refractivity contribution in [2.45, 2.75) is 19.8 Å². The zero-order valence-corrected chi connectivity index (χ0v) is 10.5. The van der Waals surface area contributed by atoms with Crippen molar-refractivity contribution >= 4 is 11.6 Å². The summed E-state index contributed by atoms with van der Waals surface area (Å²) in [6, 6.07) is 1.45. The van der Waals surface area contributed by atoms with Crippen LogP contribution in [0.3, 0.4) is 0 Å². The van der Waals surface area contributed by atoms with E-state index >= 15 is 0 Å². The molecule has 0 aromatic heterocycles. The highest BCUT2D eigenvalue weighted by Gasteiger charge is 2.26. The highest BCUT2D eigenvalue weighted by molar-refractivity contribution is 5.96. The number of carbonyl (C=O) groups is 1. The SMILES string of the molecule is CCc1c(C(=O)NC)cc(N2CCC2)c(F)c1F. The van der Waals surface area contributed by atoms with Gasteiger partial charge in [-0.1, -0.05) is 6.92 Å². The number of hydrogen-bond acceptors (Lipinski definition) is 2. The van der Waals surface area contributed by atoms with Gasteiger partial charge in [-0.2, -0.15) is 0 Å². The van der Waals surface area contributed by atoms with Gasteiger partial charge in [-0.05, 0) is 18.9 Å². The molecule has 0 spiro atoms. The number of carbonyl (C=O) groups excluding carboxylic acids is 1. The standard InChI is InChI=1S/C13H16F2N2O/c1-3-8-9(13(18)16-2)7-10(12(15)11(8)14)17-5-4-6-17/h7H,3-6H2,1-2H3,(H,16,18). The number of amides is 1. The smallest absolute Gasteiger partial charge is 0.251 e. The molecule has 1 N–H and O–H groups in total. The first-order valence-corrected chi connectivity index (χ1v) is 6.08. The molecule has 2 rings (SSSR count). The van der Waals surface area contributed by atoms with Crippen LogP contribution in [0.5, 0.6) is 0 Å². The van der Waals surface area contributed by atoms with Gasteiger partial charge in [0.1, 0.15) is 0 Å². The van der Waals surface area contributed by atoms with Gasteiger partial charge in [0.05, 0.1) is 5.69 Å². The van der Waals surface area contributed by atoms with E-state index in [4.69, 9.17) is 0 Å². The molecule has 0 unspecified atom stereocenters. The Balaban J connectivity index is 2.56. The minimum Gasteiger partial charge on any atom is -0.369 e. The van der Waals surface area contributed by atoms with Crippen LogP contribution in [0.15, 0.2) is 6.07 Å². The molecule has 1 saturated heterocycles. The van der Waals surface area contributed by atoms with Crippen LogP contribution in [-0.2, 0) is 6.42 Å². The lowest BCUT2D eigenvalue weighted by atomic mass is 10.0. The molecule has 1 aliphatic rings. The van der Waals surface area contributed by atoms with Gasteiger partial charge in [0.15, 0.2) is 11.6 Å². The van der Waals surface area contributed by atoms with Gasteiger partial charge in [-0.3, -0.25) is 4.79 Å². The summed E-state index contributed by atoms with van der Waals surface area (Å²) in [5, 5.41) is 2.46. The molecule has 0 saturated carbocycles. The molecule has 0 atom stereocenters. The molecule has 1 amide bonds. The summed E-state index contributed by atoms with van der Waals surface area (Å²) in [5.41, 5.74) is 0.548. The quantitative estimate of drug-likeness (QED) is 0.896. The van der Waals surface area contributed by atoms with E-state index < -0.39 is 11.6 Å². The van der Waals surface area contributed by atoms with Gasteiger partial charge in [0.25, 0.3) is 5.91 Å². The van der Waals surface area contributed by atoms with E-state index in [1.165, 1.54) is 13.1 Å². The molecule has 1 heterocycles. The van der Waals surface area contributed by atoms with Crippen molar-refractivity contribution in [3.63, 3.8) is 0 Å². The summed E-state index contributed by atoms with van der Waals surface area (Å²) in [6.45, 7) is 3.11. The molecule has 1 aliphatic heterocycles. The summed E-state index contributed by atoms with van der Waals surface area (Å²) in [5.74, 6) is -2.13. The third kappa shape index (κ3) is 1.94. The van der Waals surface area contributed by atoms with Gasteiger partial charge >= 0.3 is 0 Å². The van der Waals surface area contributed by atoms with Crippen LogP contribution in [0.1, 0.15) is 29.3 Å². The largest absolute Gasteiger partial charge is 0.369 e. The summed E-state index contributed by atoms with van der Waals surface area (Å²) in [7, 11) is 1.48. The van der Waals surface area contributed by atoms with E-state index in [-0.39, 0.29) is 29.1 Å². The second kappa shape index (κ2) is 4.92. The zero-order valence-electron chi connectivity index (χ0n) is 10.5. The number of nitrogens with zero attached hydrogens (tertiary/aromatic N) is 1. The number of rotatable bonds is 3. The first-order chi connectivity index (χ1) is 8.60. The highest BCUT2D eigenvalue weighted by Crippen LogP contribution is 2.30. The molecule has 98 valence electrons. The molecule has 0 bridgehead atoms. The predicted molar refractivity (Wildman–Crippen MR) is 66.0 cm³/mol. The molecule has 1 aromatic rings. The lowest BCUT2D eigenvalue weighted by Crippen LogP contribution is -2.38. The van der Waals surface area contributed by atoms with Crippen LogP contribution in [0.4, 0.5) is 14.5 Å². The third-order valence-electron chi connectivity index (χ3n) is 3.31. The fourth-order valence-electron chi connectivity index (χ4n) is 2.12. The average Bonchev–Trinajstić information content (AvgIpc) is 2.31. The van der Waals surface area contributed by atoms with Crippen LogP contribution in [0, 0.1) is 11.6 Å². The fourth-order valence-corrected chi connectivity index (χ4v) is 2.12. The Morgan fingerprint density at radius 1 is 1.39 bits per heavy atom. The maximum Gasteiger partial charge on any atom is 0.251 e. The Kier molecular flexibility index (Phi) is 3.50. The Morgan fingerprint density at radius 2 is 2.06 bits per heavy atom. The zero-order chi connectivity index (χ0) is 13.3. The van der Waals surface area contributed by atoms with Gasteiger partial charge in [-0.25, -0.2) is 8.78 Å². The topological polar surface area (TPSA) is 32.3 Å². The van der Waals surface area contributed by atoms with Gasteiger partial charge < -0.3 is 10.2 Å². The molecule has 0 aliphatic carbocycles. The highest BCUT2D eigenvalue weighted by atomic mass is 19.2. The first-order valence-electron chi connectivity index (χ1n) is 6.08. The summed E-state index contributed by atoms with van der Waals surface area (Å²) < 4.78 is 27.9. The lowest BCUT2D eigenvalue weighted by molar-refractivity contribution is 0.0961. The van der Waals surface area contributed by atoms with Gasteiger partial charge in [0.2, 0.25) is 0 Å². The fraction of sp³-hybridized carbons (Fsp3) is 0.462. The van der Waals surface area contributed by atoms with E-state index in [9.17, 15) is 13.6 Å². The monoisotopic (exact) mass is 254 g/mol. The van der Waals surface area contributed by atoms with Gasteiger partial charge in [-0.15, -0.1) is 0 Å². The minimum absolute atomic E-state index is 0.135. The Labute approximate surface area is 105 Å². The Hall–Kier alpha value is -1.65. The van der Waals surface area contributed by atoms with E-state index in [1.54, 1.807) is 11.8 Å². The maximum absolute atomic E-state index is 14.0. The Bertz CT molecular complexity index is 484. The number of nitrogens with one attached hydrogen (secondary N) is 1. The second-order valence-corrected chi connectivity index (χ2v) is 4.32. The molecular weight excluding hydrogens is 238 g/mol. The molecular formula is C13H16F2N2O. The lowest BCUT2D eigenvalue weighted by Gasteiger charge is -2.34. The van der Waals surface area contributed by atoms with E-state index in [1.807, 2.05) is 0 Å². The minimum atomic E-state index is -0.902. The maximum atomic E-state index is 14.0. The summed E-state index contributed by atoms with van der Waals surface area (Å²) in [6.07, 6.45) is 1.25. The van der Waals surface area contributed by atoms with Gasteiger partial charge in [0, 0.05) is 31.3 Å². The Morgan fingerprint density at radius 3 is 2.50 bits per heavy atom. The molecule has 18 heavy (non-hydrogen) atoms. The van der Waals surface area contributed by atoms with Crippen molar-refractivity contribution in [2.75, 3.05) is 25.0 Å². The second-order valence-electron chi connectivity index (χ2n) is 4.32. The number of anilines is 1. The van der Waals surface area contributed by atoms with Crippen LogP contribution >= 0.6 is 0 Å². The van der Waals surface area contributed by atoms with E-state index in [0.29, 0.717) is 13.1 Å². The number of hydrogen-bond donors (Lipinski definition) is 1. The van der Waals surface area contributed by atoms with Crippen molar-refractivity contribution in [1.29, 1.82) is 0 Å². The van der Waals surface area contributed by atoms with Crippen LogP contribution in [0.25, 0.3) is 0 Å². The summed E-state index contributed by atoms with van der Waals surface area (Å²) in [4.78, 5) is 13.5. The number of benzene rings is 1. The molecule has 0 radical (unpaired) electrons.